The SMILES string of the molecule is CC(C)C(O)(c1ccccc1)C(C)N. The van der Waals surface area contributed by atoms with Crippen LogP contribution in [0.1, 0.15) is 26.3 Å². The van der Waals surface area contributed by atoms with Crippen LogP contribution in [0.15, 0.2) is 30.3 Å². The van der Waals surface area contributed by atoms with E-state index in [1.807, 2.05) is 51.1 Å². The van der Waals surface area contributed by atoms with E-state index in [9.17, 15) is 5.11 Å². The van der Waals surface area contributed by atoms with Gasteiger partial charge in [0, 0.05) is 6.04 Å². The fourth-order valence-corrected chi connectivity index (χ4v) is 1.83. The maximum Gasteiger partial charge on any atom is 0.107 e. The molecule has 78 valence electrons. The van der Waals surface area contributed by atoms with Crippen molar-refractivity contribution in [3.05, 3.63) is 35.9 Å². The van der Waals surface area contributed by atoms with Gasteiger partial charge in [-0.25, -0.2) is 0 Å². The quantitative estimate of drug-likeness (QED) is 0.770. The van der Waals surface area contributed by atoms with Crippen molar-refractivity contribution in [3.63, 3.8) is 0 Å². The third kappa shape index (κ3) is 1.81. The Morgan fingerprint density at radius 1 is 1.14 bits per heavy atom. The largest absolute Gasteiger partial charge is 0.383 e. The van der Waals surface area contributed by atoms with Gasteiger partial charge in [-0.2, -0.15) is 0 Å². The van der Waals surface area contributed by atoms with Gasteiger partial charge in [0.1, 0.15) is 5.60 Å². The van der Waals surface area contributed by atoms with Gasteiger partial charge < -0.3 is 10.8 Å². The minimum atomic E-state index is -0.929. The molecule has 3 N–H and O–H groups in total. The normalized spacial score (nSPS) is 17.9. The van der Waals surface area contributed by atoms with E-state index in [2.05, 4.69) is 0 Å². The summed E-state index contributed by atoms with van der Waals surface area (Å²) >= 11 is 0. The maximum absolute atomic E-state index is 10.5. The molecule has 2 nitrogen and oxygen atoms in total. The van der Waals surface area contributed by atoms with Crippen molar-refractivity contribution in [3.8, 4) is 0 Å². The Balaban J connectivity index is 3.13. The molecule has 2 heteroatoms. The molecule has 1 aromatic carbocycles. The first-order valence-corrected chi connectivity index (χ1v) is 5.03. The zero-order chi connectivity index (χ0) is 10.8. The predicted octanol–water partition coefficient (Wildman–Crippen LogP) is 1.88. The van der Waals surface area contributed by atoms with E-state index in [0.29, 0.717) is 0 Å². The summed E-state index contributed by atoms with van der Waals surface area (Å²) in [6.07, 6.45) is 0. The molecule has 14 heavy (non-hydrogen) atoms. The molecule has 1 aromatic rings. The molecule has 0 aliphatic heterocycles. The fourth-order valence-electron chi connectivity index (χ4n) is 1.83. The molecule has 0 radical (unpaired) electrons. The lowest BCUT2D eigenvalue weighted by molar-refractivity contribution is -0.0295. The van der Waals surface area contributed by atoms with Crippen LogP contribution in [-0.4, -0.2) is 11.1 Å². The number of hydrogen-bond acceptors (Lipinski definition) is 2. The van der Waals surface area contributed by atoms with Crippen LogP contribution in [0.2, 0.25) is 0 Å². The molecule has 0 fully saturated rings. The summed E-state index contributed by atoms with van der Waals surface area (Å²) in [7, 11) is 0. The molecule has 1 rings (SSSR count). The second kappa shape index (κ2) is 4.11. The zero-order valence-corrected chi connectivity index (χ0v) is 9.07. The third-order valence-electron chi connectivity index (χ3n) is 2.81. The summed E-state index contributed by atoms with van der Waals surface area (Å²) in [6, 6.07) is 9.35. The van der Waals surface area contributed by atoms with E-state index in [0.717, 1.165) is 5.56 Å². The molecule has 0 aliphatic carbocycles. The van der Waals surface area contributed by atoms with Gasteiger partial charge in [-0.3, -0.25) is 0 Å². The molecule has 0 heterocycles. The van der Waals surface area contributed by atoms with Crippen molar-refractivity contribution in [1.82, 2.24) is 0 Å². The lowest BCUT2D eigenvalue weighted by Gasteiger charge is -2.36. The van der Waals surface area contributed by atoms with Crippen LogP contribution in [0.3, 0.4) is 0 Å². The molecule has 0 spiro atoms. The van der Waals surface area contributed by atoms with Crippen LogP contribution in [0.5, 0.6) is 0 Å². The van der Waals surface area contributed by atoms with Crippen molar-refractivity contribution in [1.29, 1.82) is 0 Å². The summed E-state index contributed by atoms with van der Waals surface area (Å²) in [5.41, 5.74) is 5.82. The summed E-state index contributed by atoms with van der Waals surface area (Å²) in [6.45, 7) is 5.81. The first-order chi connectivity index (χ1) is 6.49. The predicted molar refractivity (Wildman–Crippen MR) is 58.8 cm³/mol. The molecular formula is C12H19NO. The van der Waals surface area contributed by atoms with Crippen LogP contribution in [0.25, 0.3) is 0 Å². The van der Waals surface area contributed by atoms with Gasteiger partial charge >= 0.3 is 0 Å². The van der Waals surface area contributed by atoms with Crippen LogP contribution in [0.4, 0.5) is 0 Å². The van der Waals surface area contributed by atoms with Gasteiger partial charge in [-0.1, -0.05) is 44.2 Å². The second-order valence-electron chi connectivity index (χ2n) is 4.13. The Morgan fingerprint density at radius 2 is 1.64 bits per heavy atom. The summed E-state index contributed by atoms with van der Waals surface area (Å²) in [4.78, 5) is 0. The highest BCUT2D eigenvalue weighted by atomic mass is 16.3. The van der Waals surface area contributed by atoms with E-state index >= 15 is 0 Å². The standard InChI is InChI=1S/C12H19NO/c1-9(2)12(14,10(3)13)11-7-5-4-6-8-11/h4-10,14H,13H2,1-3H3. The molecule has 2 unspecified atom stereocenters. The highest BCUT2D eigenvalue weighted by Crippen LogP contribution is 2.31. The lowest BCUT2D eigenvalue weighted by atomic mass is 9.78. The number of nitrogens with two attached hydrogens (primary N) is 1. The van der Waals surface area contributed by atoms with Gasteiger partial charge in [-0.05, 0) is 18.4 Å². The van der Waals surface area contributed by atoms with Crippen molar-refractivity contribution in [2.45, 2.75) is 32.4 Å². The smallest absolute Gasteiger partial charge is 0.107 e. The molecule has 0 amide bonds. The Kier molecular flexibility index (Phi) is 3.29. The average Bonchev–Trinajstić information content (AvgIpc) is 2.17. The fraction of sp³-hybridized carbons (Fsp3) is 0.500. The van der Waals surface area contributed by atoms with Gasteiger partial charge in [0.15, 0.2) is 0 Å². The second-order valence-corrected chi connectivity index (χ2v) is 4.13. The minimum Gasteiger partial charge on any atom is -0.383 e. The maximum atomic E-state index is 10.5. The highest BCUT2D eigenvalue weighted by Gasteiger charge is 2.36. The Bertz CT molecular complexity index is 272. The number of rotatable bonds is 3. The van der Waals surface area contributed by atoms with Crippen molar-refractivity contribution >= 4 is 0 Å². The van der Waals surface area contributed by atoms with Gasteiger partial charge in [0.2, 0.25) is 0 Å². The van der Waals surface area contributed by atoms with E-state index in [1.165, 1.54) is 0 Å². The summed E-state index contributed by atoms with van der Waals surface area (Å²) in [5.74, 6) is 0.102. The van der Waals surface area contributed by atoms with Crippen LogP contribution in [0, 0.1) is 5.92 Å². The van der Waals surface area contributed by atoms with Crippen LogP contribution >= 0.6 is 0 Å². The van der Waals surface area contributed by atoms with E-state index in [4.69, 9.17) is 5.73 Å². The van der Waals surface area contributed by atoms with E-state index < -0.39 is 5.60 Å². The molecule has 2 atom stereocenters. The van der Waals surface area contributed by atoms with Crippen molar-refractivity contribution < 1.29 is 5.11 Å². The average molecular weight is 193 g/mol. The number of benzene rings is 1. The Hall–Kier alpha value is -0.860. The molecule has 0 saturated carbocycles. The van der Waals surface area contributed by atoms with Gasteiger partial charge in [-0.15, -0.1) is 0 Å². The van der Waals surface area contributed by atoms with Crippen molar-refractivity contribution in [2.24, 2.45) is 11.7 Å². The zero-order valence-electron chi connectivity index (χ0n) is 9.07. The van der Waals surface area contributed by atoms with Gasteiger partial charge in [0.25, 0.3) is 0 Å². The van der Waals surface area contributed by atoms with Gasteiger partial charge in [0.05, 0.1) is 0 Å². The first-order valence-electron chi connectivity index (χ1n) is 5.03. The van der Waals surface area contributed by atoms with E-state index in [1.54, 1.807) is 0 Å². The molecule has 0 bridgehead atoms. The van der Waals surface area contributed by atoms with Crippen LogP contribution < -0.4 is 5.73 Å². The monoisotopic (exact) mass is 193 g/mol. The first kappa shape index (κ1) is 11.2. The van der Waals surface area contributed by atoms with E-state index in [-0.39, 0.29) is 12.0 Å². The highest BCUT2D eigenvalue weighted by molar-refractivity contribution is 5.24. The number of hydrogen-bond donors (Lipinski definition) is 2. The van der Waals surface area contributed by atoms with Crippen molar-refractivity contribution in [2.75, 3.05) is 0 Å². The Labute approximate surface area is 85.8 Å². The molecule has 0 aliphatic rings. The summed E-state index contributed by atoms with van der Waals surface area (Å²) in [5, 5.41) is 10.5. The Morgan fingerprint density at radius 3 is 2.00 bits per heavy atom. The number of aliphatic hydroxyl groups is 1. The third-order valence-corrected chi connectivity index (χ3v) is 2.81. The topological polar surface area (TPSA) is 46.2 Å². The molecule has 0 aromatic heterocycles. The van der Waals surface area contributed by atoms with Crippen LogP contribution in [-0.2, 0) is 5.60 Å². The summed E-state index contributed by atoms with van der Waals surface area (Å²) < 4.78 is 0. The molecule has 0 saturated heterocycles. The molecular weight excluding hydrogens is 174 g/mol. The lowest BCUT2D eigenvalue weighted by Crippen LogP contribution is -2.47. The minimum absolute atomic E-state index is 0.102.